The fourth-order valence-corrected chi connectivity index (χ4v) is 4.98. The molecule has 4 rings (SSSR count). The second-order valence-corrected chi connectivity index (χ2v) is 9.62. The van der Waals surface area contributed by atoms with E-state index in [1.165, 1.54) is 5.56 Å². The number of halogens is 1. The smallest absolute Gasteiger partial charge is 0.307 e. The van der Waals surface area contributed by atoms with E-state index in [-0.39, 0.29) is 11.4 Å². The summed E-state index contributed by atoms with van der Waals surface area (Å²) in [6, 6.07) is 12.1. The van der Waals surface area contributed by atoms with Crippen LogP contribution in [0.3, 0.4) is 0 Å². The van der Waals surface area contributed by atoms with Gasteiger partial charge in [0, 0.05) is 28.1 Å². The SMILES string of the molecule is CCCCOC(=O)CCN1CCC2(CC1)COc1ccc(OCc3c(C)cccc3Cl)cc12. The first kappa shape index (κ1) is 23.9. The van der Waals surface area contributed by atoms with Gasteiger partial charge in [-0.1, -0.05) is 37.1 Å². The number of nitrogens with zero attached hydrogens (tertiary/aromatic N) is 1. The molecule has 0 unspecified atom stereocenters. The number of fused-ring (bicyclic) bond motifs is 2. The number of unbranched alkanes of at least 4 members (excludes halogenated alkanes) is 1. The Bertz CT molecular complexity index is 948. The third kappa shape index (κ3) is 5.64. The lowest BCUT2D eigenvalue weighted by Gasteiger charge is -2.38. The first-order valence-electron chi connectivity index (χ1n) is 12.0. The molecule has 1 spiro atoms. The molecule has 0 radical (unpaired) electrons. The third-order valence-corrected chi connectivity index (χ3v) is 7.32. The number of esters is 1. The van der Waals surface area contributed by atoms with E-state index in [2.05, 4.69) is 30.9 Å². The minimum atomic E-state index is -0.0890. The largest absolute Gasteiger partial charge is 0.492 e. The van der Waals surface area contributed by atoms with Crippen molar-refractivity contribution in [1.29, 1.82) is 0 Å². The van der Waals surface area contributed by atoms with Crippen LogP contribution in [0.25, 0.3) is 0 Å². The van der Waals surface area contributed by atoms with E-state index in [1.54, 1.807) is 0 Å². The summed E-state index contributed by atoms with van der Waals surface area (Å²) >= 11 is 6.36. The van der Waals surface area contributed by atoms with Crippen molar-refractivity contribution >= 4 is 17.6 Å². The molecule has 0 aromatic heterocycles. The molecule has 2 aliphatic heterocycles. The molecule has 0 atom stereocenters. The number of aryl methyl sites for hydroxylation is 1. The van der Waals surface area contributed by atoms with Gasteiger partial charge in [0.2, 0.25) is 0 Å². The fourth-order valence-electron chi connectivity index (χ4n) is 4.71. The Labute approximate surface area is 202 Å². The Balaban J connectivity index is 1.34. The molecule has 33 heavy (non-hydrogen) atoms. The molecule has 2 aliphatic rings. The molecular weight excluding hydrogens is 438 g/mol. The van der Waals surface area contributed by atoms with E-state index < -0.39 is 0 Å². The Morgan fingerprint density at radius 2 is 2.03 bits per heavy atom. The number of likely N-dealkylation sites (tertiary alicyclic amines) is 1. The number of piperidine rings is 1. The monoisotopic (exact) mass is 471 g/mol. The summed E-state index contributed by atoms with van der Waals surface area (Å²) in [5, 5.41) is 0.734. The Morgan fingerprint density at radius 1 is 1.21 bits per heavy atom. The van der Waals surface area contributed by atoms with Gasteiger partial charge in [0.05, 0.1) is 19.6 Å². The third-order valence-electron chi connectivity index (χ3n) is 6.97. The predicted octanol–water partition coefficient (Wildman–Crippen LogP) is 5.69. The highest BCUT2D eigenvalue weighted by Gasteiger charge is 2.43. The number of ether oxygens (including phenoxy) is 3. The minimum absolute atomic E-state index is 0.0210. The van der Waals surface area contributed by atoms with Gasteiger partial charge in [-0.3, -0.25) is 4.79 Å². The lowest BCUT2D eigenvalue weighted by molar-refractivity contribution is -0.144. The van der Waals surface area contributed by atoms with Crippen LogP contribution in [0.4, 0.5) is 0 Å². The van der Waals surface area contributed by atoms with Gasteiger partial charge in [-0.15, -0.1) is 0 Å². The maximum Gasteiger partial charge on any atom is 0.307 e. The van der Waals surface area contributed by atoms with Crippen molar-refractivity contribution < 1.29 is 19.0 Å². The van der Waals surface area contributed by atoms with Crippen molar-refractivity contribution in [2.45, 2.75) is 58.0 Å². The van der Waals surface area contributed by atoms with Gasteiger partial charge in [0.1, 0.15) is 18.1 Å². The van der Waals surface area contributed by atoms with Crippen LogP contribution in [0, 0.1) is 6.92 Å². The zero-order valence-corrected chi connectivity index (χ0v) is 20.5. The van der Waals surface area contributed by atoms with E-state index in [0.717, 1.165) is 73.0 Å². The van der Waals surface area contributed by atoms with E-state index in [4.69, 9.17) is 25.8 Å². The Morgan fingerprint density at radius 3 is 2.79 bits per heavy atom. The summed E-state index contributed by atoms with van der Waals surface area (Å²) in [6.45, 7) is 8.50. The van der Waals surface area contributed by atoms with Crippen LogP contribution in [-0.4, -0.2) is 43.7 Å². The highest BCUT2D eigenvalue weighted by atomic mass is 35.5. The quantitative estimate of drug-likeness (QED) is 0.347. The molecule has 2 aromatic rings. The molecule has 0 bridgehead atoms. The van der Waals surface area contributed by atoms with Crippen molar-refractivity contribution in [2.75, 3.05) is 32.8 Å². The van der Waals surface area contributed by atoms with Gasteiger partial charge < -0.3 is 19.1 Å². The van der Waals surface area contributed by atoms with Crippen LogP contribution < -0.4 is 9.47 Å². The average Bonchev–Trinajstić information content (AvgIpc) is 3.16. The van der Waals surface area contributed by atoms with Gasteiger partial charge in [-0.25, -0.2) is 0 Å². The normalized spacial score (nSPS) is 16.9. The number of hydrogen-bond donors (Lipinski definition) is 0. The van der Waals surface area contributed by atoms with Crippen molar-refractivity contribution in [3.05, 3.63) is 58.1 Å². The standard InChI is InChI=1S/C27H34ClNO4/c1-3-4-16-31-26(30)10-13-29-14-11-27(12-15-29)19-33-25-9-8-21(17-23(25)27)32-18-22-20(2)6-5-7-24(22)28/h5-9,17H,3-4,10-16,18-19H2,1-2H3. The van der Waals surface area contributed by atoms with Crippen molar-refractivity contribution in [1.82, 2.24) is 4.90 Å². The Hall–Kier alpha value is -2.24. The first-order chi connectivity index (χ1) is 16.0. The van der Waals surface area contributed by atoms with E-state index in [1.807, 2.05) is 24.3 Å². The van der Waals surface area contributed by atoms with Gasteiger partial charge in [-0.05, 0) is 69.1 Å². The number of carbonyl (C=O) groups excluding carboxylic acids is 1. The molecule has 5 nitrogen and oxygen atoms in total. The van der Waals surface area contributed by atoms with Crippen LogP contribution in [0.5, 0.6) is 11.5 Å². The molecule has 0 aliphatic carbocycles. The van der Waals surface area contributed by atoms with E-state index >= 15 is 0 Å². The molecule has 2 aromatic carbocycles. The summed E-state index contributed by atoms with van der Waals surface area (Å²) in [5.41, 5.74) is 3.42. The molecule has 0 amide bonds. The van der Waals surface area contributed by atoms with Gasteiger partial charge in [-0.2, -0.15) is 0 Å². The maximum absolute atomic E-state index is 11.9. The first-order valence-corrected chi connectivity index (χ1v) is 12.4. The Kier molecular flexibility index (Phi) is 7.82. The van der Waals surface area contributed by atoms with Crippen molar-refractivity contribution in [2.24, 2.45) is 0 Å². The molecule has 0 N–H and O–H groups in total. The summed E-state index contributed by atoms with van der Waals surface area (Å²) < 4.78 is 17.5. The zero-order valence-electron chi connectivity index (χ0n) is 19.7. The molecular formula is C27H34ClNO4. The number of rotatable bonds is 9. The van der Waals surface area contributed by atoms with Crippen LogP contribution in [0.1, 0.15) is 55.7 Å². The fraction of sp³-hybridized carbons (Fsp3) is 0.519. The summed E-state index contributed by atoms with van der Waals surface area (Å²) in [6.07, 6.45) is 4.46. The minimum Gasteiger partial charge on any atom is -0.492 e. The van der Waals surface area contributed by atoms with Gasteiger partial charge >= 0.3 is 5.97 Å². The number of benzene rings is 2. The van der Waals surface area contributed by atoms with Crippen LogP contribution in [0.15, 0.2) is 36.4 Å². The highest BCUT2D eigenvalue weighted by molar-refractivity contribution is 6.31. The topological polar surface area (TPSA) is 48.0 Å². The number of hydrogen-bond acceptors (Lipinski definition) is 5. The van der Waals surface area contributed by atoms with Crippen molar-refractivity contribution in [3.8, 4) is 11.5 Å². The molecule has 2 heterocycles. The molecule has 1 fully saturated rings. The molecule has 0 saturated carbocycles. The van der Waals surface area contributed by atoms with Crippen molar-refractivity contribution in [3.63, 3.8) is 0 Å². The lowest BCUT2D eigenvalue weighted by atomic mass is 9.74. The van der Waals surface area contributed by atoms with Crippen LogP contribution >= 0.6 is 11.6 Å². The number of carbonyl (C=O) groups is 1. The second kappa shape index (κ2) is 10.8. The summed E-state index contributed by atoms with van der Waals surface area (Å²) in [4.78, 5) is 14.3. The van der Waals surface area contributed by atoms with E-state index in [9.17, 15) is 4.79 Å². The maximum atomic E-state index is 11.9. The second-order valence-electron chi connectivity index (χ2n) is 9.22. The molecule has 1 saturated heterocycles. The van der Waals surface area contributed by atoms with E-state index in [0.29, 0.717) is 26.2 Å². The average molecular weight is 472 g/mol. The molecule has 178 valence electrons. The zero-order chi connectivity index (χ0) is 23.3. The predicted molar refractivity (Wildman–Crippen MR) is 130 cm³/mol. The van der Waals surface area contributed by atoms with Gasteiger partial charge in [0.25, 0.3) is 0 Å². The van der Waals surface area contributed by atoms with Gasteiger partial charge in [0.15, 0.2) is 0 Å². The van der Waals surface area contributed by atoms with Crippen LogP contribution in [-0.2, 0) is 21.6 Å². The summed E-state index contributed by atoms with van der Waals surface area (Å²) in [7, 11) is 0. The lowest BCUT2D eigenvalue weighted by Crippen LogP contribution is -2.44. The highest BCUT2D eigenvalue weighted by Crippen LogP contribution is 2.46. The summed E-state index contributed by atoms with van der Waals surface area (Å²) in [5.74, 6) is 1.72. The molecule has 6 heteroatoms. The van der Waals surface area contributed by atoms with Crippen LogP contribution in [0.2, 0.25) is 5.02 Å².